The Morgan fingerprint density at radius 1 is 0.909 bits per heavy atom. The molecular weight excluding hydrogens is 383 g/mol. The van der Waals surface area contributed by atoms with Crippen LogP contribution in [0.2, 0.25) is 0 Å². The molecule has 0 N–H and O–H groups in total. The van der Waals surface area contributed by atoms with E-state index in [4.69, 9.17) is 0 Å². The van der Waals surface area contributed by atoms with Crippen molar-refractivity contribution in [1.82, 2.24) is 9.80 Å². The van der Waals surface area contributed by atoms with Gasteiger partial charge in [-0.3, -0.25) is 0 Å². The number of likely N-dealkylation sites (N-methyl/N-ethyl adjacent to an activating group) is 2. The van der Waals surface area contributed by atoms with Gasteiger partial charge in [0.15, 0.2) is 0 Å². The standard InChI is InChI=1S/C19H34IN2/c1-6-20-16-22(5)14-12-19-9-7-18(8-10-19)11-13-21(4)15-17(2)3/h7-10,17H,6,11-16H2,1-5H3/q-1. The van der Waals surface area contributed by atoms with E-state index in [9.17, 15) is 0 Å². The number of alkyl halides is 2. The molecule has 1 rings (SSSR count). The molecule has 1 aromatic rings. The second-order valence-corrected chi connectivity index (χ2v) is 9.91. The van der Waals surface area contributed by atoms with Crippen molar-refractivity contribution in [1.29, 1.82) is 0 Å². The molecule has 0 aromatic heterocycles. The fraction of sp³-hybridized carbons (Fsp3) is 0.684. The quantitative estimate of drug-likeness (QED) is 0.292. The molecule has 0 unspecified atom stereocenters. The molecular formula is C19H34IN2-. The fourth-order valence-electron chi connectivity index (χ4n) is 2.52. The number of rotatable bonds is 11. The maximum absolute atomic E-state index is 2.49. The van der Waals surface area contributed by atoms with Crippen LogP contribution in [0.3, 0.4) is 0 Å². The van der Waals surface area contributed by atoms with E-state index >= 15 is 0 Å². The van der Waals surface area contributed by atoms with Crippen molar-refractivity contribution >= 4 is 0 Å². The summed E-state index contributed by atoms with van der Waals surface area (Å²) in [7, 11) is 4.48. The van der Waals surface area contributed by atoms with Gasteiger partial charge in [0.2, 0.25) is 0 Å². The number of hydrogen-bond donors (Lipinski definition) is 0. The third-order valence-electron chi connectivity index (χ3n) is 3.74. The first kappa shape index (κ1) is 19.9. The van der Waals surface area contributed by atoms with Crippen LogP contribution in [0, 0.1) is 5.92 Å². The number of benzene rings is 1. The predicted molar refractivity (Wildman–Crippen MR) is 94.2 cm³/mol. The topological polar surface area (TPSA) is 6.48 Å². The van der Waals surface area contributed by atoms with Crippen molar-refractivity contribution in [3.05, 3.63) is 35.4 Å². The molecule has 0 fully saturated rings. The van der Waals surface area contributed by atoms with Crippen LogP contribution in [0.4, 0.5) is 0 Å². The van der Waals surface area contributed by atoms with Crippen molar-refractivity contribution < 1.29 is 21.2 Å². The summed E-state index contributed by atoms with van der Waals surface area (Å²) < 4.78 is 2.72. The Kier molecular flexibility index (Phi) is 10.3. The van der Waals surface area contributed by atoms with Gasteiger partial charge in [0, 0.05) is 0 Å². The van der Waals surface area contributed by atoms with Gasteiger partial charge in [-0.1, -0.05) is 13.8 Å². The molecule has 0 saturated carbocycles. The van der Waals surface area contributed by atoms with E-state index in [-0.39, 0.29) is 0 Å². The van der Waals surface area contributed by atoms with Crippen LogP contribution < -0.4 is 21.2 Å². The molecule has 1 aromatic carbocycles. The van der Waals surface area contributed by atoms with Crippen LogP contribution in [-0.4, -0.2) is 52.5 Å². The van der Waals surface area contributed by atoms with Crippen molar-refractivity contribution in [2.45, 2.75) is 33.6 Å². The van der Waals surface area contributed by atoms with E-state index in [0.717, 1.165) is 18.9 Å². The zero-order valence-corrected chi connectivity index (χ0v) is 17.3. The molecule has 0 heterocycles. The Bertz CT molecular complexity index is 389. The van der Waals surface area contributed by atoms with E-state index in [2.05, 4.69) is 68.9 Å². The van der Waals surface area contributed by atoms with Crippen LogP contribution in [0.5, 0.6) is 0 Å². The van der Waals surface area contributed by atoms with E-state index in [1.165, 1.54) is 39.6 Å². The van der Waals surface area contributed by atoms with Gasteiger partial charge < -0.3 is 0 Å². The summed E-state index contributed by atoms with van der Waals surface area (Å²) in [5.41, 5.74) is 2.94. The first-order valence-corrected chi connectivity index (χ1v) is 11.5. The van der Waals surface area contributed by atoms with E-state index in [0.29, 0.717) is 21.2 Å². The third kappa shape index (κ3) is 9.11. The summed E-state index contributed by atoms with van der Waals surface area (Å²) in [5.74, 6) is 0.750. The summed E-state index contributed by atoms with van der Waals surface area (Å²) in [5, 5.41) is 0. The van der Waals surface area contributed by atoms with Crippen molar-refractivity contribution in [3.8, 4) is 0 Å². The van der Waals surface area contributed by atoms with Crippen LogP contribution in [-0.2, 0) is 12.8 Å². The van der Waals surface area contributed by atoms with Gasteiger partial charge >= 0.3 is 129 Å². The van der Waals surface area contributed by atoms with Crippen LogP contribution in [0.25, 0.3) is 0 Å². The minimum absolute atomic E-state index is 0.403. The zero-order valence-electron chi connectivity index (χ0n) is 15.1. The number of hydrogen-bond acceptors (Lipinski definition) is 2. The van der Waals surface area contributed by atoms with E-state index < -0.39 is 0 Å². The first-order chi connectivity index (χ1) is 10.5. The average molecular weight is 417 g/mol. The van der Waals surface area contributed by atoms with Gasteiger partial charge in [-0.15, -0.1) is 0 Å². The minimum atomic E-state index is 0.403. The second-order valence-electron chi connectivity index (χ2n) is 6.63. The van der Waals surface area contributed by atoms with Crippen LogP contribution in [0.1, 0.15) is 31.9 Å². The molecule has 0 aliphatic carbocycles. The van der Waals surface area contributed by atoms with Crippen LogP contribution in [0.15, 0.2) is 24.3 Å². The van der Waals surface area contributed by atoms with Gasteiger partial charge in [0.05, 0.1) is 0 Å². The molecule has 3 heteroatoms. The summed E-state index contributed by atoms with van der Waals surface area (Å²) in [6.45, 7) is 10.4. The number of halogens is 1. The first-order valence-electron chi connectivity index (χ1n) is 8.49. The summed E-state index contributed by atoms with van der Waals surface area (Å²) in [6.07, 6.45) is 2.34. The zero-order chi connectivity index (χ0) is 16.4. The molecule has 0 atom stereocenters. The monoisotopic (exact) mass is 417 g/mol. The fourth-order valence-corrected chi connectivity index (χ4v) is 4.16. The molecule has 0 radical (unpaired) electrons. The molecule has 0 aliphatic rings. The molecule has 128 valence electrons. The second kappa shape index (κ2) is 11.4. The summed E-state index contributed by atoms with van der Waals surface area (Å²) in [4.78, 5) is 4.93. The SMILES string of the molecule is CC[I-]CN(C)CCc1ccc(CCN(C)CC(C)C)cc1. The molecule has 0 bridgehead atoms. The molecule has 0 amide bonds. The van der Waals surface area contributed by atoms with E-state index in [1.54, 1.807) is 0 Å². The Balaban J connectivity index is 2.30. The molecule has 0 spiro atoms. The molecule has 0 saturated heterocycles. The molecule has 22 heavy (non-hydrogen) atoms. The Hall–Kier alpha value is -0.130. The van der Waals surface area contributed by atoms with Crippen molar-refractivity contribution in [2.75, 3.05) is 42.7 Å². The molecule has 0 aliphatic heterocycles. The average Bonchev–Trinajstić information content (AvgIpc) is 2.49. The van der Waals surface area contributed by atoms with Crippen LogP contribution >= 0.6 is 0 Å². The maximum atomic E-state index is 2.49. The van der Waals surface area contributed by atoms with Gasteiger partial charge in [-0.05, 0) is 5.92 Å². The van der Waals surface area contributed by atoms with Gasteiger partial charge in [-0.2, -0.15) is 0 Å². The molecule has 2 nitrogen and oxygen atoms in total. The van der Waals surface area contributed by atoms with Gasteiger partial charge in [0.25, 0.3) is 0 Å². The Labute approximate surface area is 148 Å². The summed E-state index contributed by atoms with van der Waals surface area (Å²) >= 11 is 0.403. The Morgan fingerprint density at radius 3 is 1.86 bits per heavy atom. The van der Waals surface area contributed by atoms with Gasteiger partial charge in [-0.25, -0.2) is 0 Å². The van der Waals surface area contributed by atoms with Crippen molar-refractivity contribution in [3.63, 3.8) is 0 Å². The normalized spacial score (nSPS) is 12.0. The van der Waals surface area contributed by atoms with Crippen molar-refractivity contribution in [2.24, 2.45) is 5.92 Å². The summed E-state index contributed by atoms with van der Waals surface area (Å²) in [6, 6.07) is 9.27. The third-order valence-corrected chi connectivity index (χ3v) is 6.47. The predicted octanol–water partition coefficient (Wildman–Crippen LogP) is 0.358. The van der Waals surface area contributed by atoms with E-state index in [1.807, 2.05) is 0 Å². The Morgan fingerprint density at radius 2 is 1.41 bits per heavy atom. The van der Waals surface area contributed by atoms with Gasteiger partial charge in [0.1, 0.15) is 0 Å². The number of nitrogens with zero attached hydrogens (tertiary/aromatic N) is 2.